The third-order valence-electron chi connectivity index (χ3n) is 5.75. The van der Waals surface area contributed by atoms with Gasteiger partial charge in [-0.15, -0.1) is 0 Å². The average molecular weight is 456 g/mol. The van der Waals surface area contributed by atoms with E-state index in [2.05, 4.69) is 0 Å². The first-order valence-corrected chi connectivity index (χ1v) is 11.1. The molecule has 1 N–H and O–H groups in total. The van der Waals surface area contributed by atoms with Crippen LogP contribution in [0.25, 0.3) is 11.0 Å². The van der Waals surface area contributed by atoms with Crippen LogP contribution in [0.5, 0.6) is 0 Å². The maximum atomic E-state index is 12.8. The van der Waals surface area contributed by atoms with Crippen molar-refractivity contribution in [3.05, 3.63) is 65.4 Å². The fraction of sp³-hybridized carbons (Fsp3) is 0.375. The summed E-state index contributed by atoms with van der Waals surface area (Å²) in [5.41, 5.74) is 1.88. The van der Waals surface area contributed by atoms with Crippen molar-refractivity contribution in [3.8, 4) is 0 Å². The van der Waals surface area contributed by atoms with Gasteiger partial charge in [0.25, 0.3) is 5.91 Å². The van der Waals surface area contributed by atoms with E-state index in [9.17, 15) is 9.59 Å². The summed E-state index contributed by atoms with van der Waals surface area (Å²) in [6.45, 7) is 0.916. The third-order valence-corrected chi connectivity index (χ3v) is 6.01. The molecule has 2 fully saturated rings. The molecule has 2 aromatic carbocycles. The highest BCUT2D eigenvalue weighted by Crippen LogP contribution is 2.36. The van der Waals surface area contributed by atoms with Gasteiger partial charge in [0, 0.05) is 18.6 Å². The number of morpholine rings is 1. The lowest BCUT2D eigenvalue weighted by Gasteiger charge is -2.38. The molecule has 0 bridgehead atoms. The predicted octanol–water partition coefficient (Wildman–Crippen LogP) is 4.07. The fourth-order valence-electron chi connectivity index (χ4n) is 3.90. The first-order chi connectivity index (χ1) is 15.4. The molecular weight excluding hydrogens is 430 g/mol. The summed E-state index contributed by atoms with van der Waals surface area (Å²) in [6, 6.07) is 17.0. The molecule has 1 aliphatic heterocycles. The molecule has 1 aromatic heterocycles. The summed E-state index contributed by atoms with van der Waals surface area (Å²) in [5, 5.41) is 9.81. The Morgan fingerprint density at radius 1 is 1.16 bits per heavy atom. The summed E-state index contributed by atoms with van der Waals surface area (Å²) in [4.78, 5) is 30.3. The molecule has 32 heavy (non-hydrogen) atoms. The lowest BCUT2D eigenvalue weighted by atomic mass is 10.1. The largest absolute Gasteiger partial charge is 0.481 e. The Kier molecular flexibility index (Phi) is 6.77. The Morgan fingerprint density at radius 3 is 2.44 bits per heavy atom. The van der Waals surface area contributed by atoms with E-state index in [0.717, 1.165) is 34.7 Å². The van der Waals surface area contributed by atoms with Crippen molar-refractivity contribution in [2.45, 2.75) is 31.4 Å². The topological polar surface area (TPSA) is 84.7 Å². The van der Waals surface area contributed by atoms with Gasteiger partial charge >= 0.3 is 5.97 Å². The van der Waals surface area contributed by atoms with E-state index in [1.807, 2.05) is 66.2 Å². The van der Waals surface area contributed by atoms with Gasteiger partial charge in [0.2, 0.25) is 0 Å². The lowest BCUT2D eigenvalue weighted by molar-refractivity contribution is -0.166. The summed E-state index contributed by atoms with van der Waals surface area (Å²) >= 11 is 5.54. The van der Waals surface area contributed by atoms with Gasteiger partial charge < -0.3 is 19.3 Å². The second-order valence-electron chi connectivity index (χ2n) is 8.18. The number of para-hydroxylation sites is 2. The highest BCUT2D eigenvalue weighted by atomic mass is 35.5. The zero-order valence-electron chi connectivity index (χ0n) is 17.9. The Balaban J connectivity index is 0.000000300. The molecule has 2 heterocycles. The second-order valence-corrected chi connectivity index (χ2v) is 8.62. The van der Waals surface area contributed by atoms with Gasteiger partial charge in [0.05, 0.1) is 24.1 Å². The van der Waals surface area contributed by atoms with Gasteiger partial charge in [-0.1, -0.05) is 41.9 Å². The fourth-order valence-corrected chi connectivity index (χ4v) is 4.04. The number of hydrogen-bond donors (Lipinski definition) is 1. The number of fused-ring (bicyclic) bond motifs is 1. The van der Waals surface area contributed by atoms with Crippen LogP contribution in [-0.4, -0.2) is 50.7 Å². The second kappa shape index (κ2) is 9.71. The van der Waals surface area contributed by atoms with Crippen LogP contribution in [0.2, 0.25) is 5.02 Å². The molecule has 8 heteroatoms. The van der Waals surface area contributed by atoms with Gasteiger partial charge in [-0.3, -0.25) is 9.59 Å². The Bertz CT molecular complexity index is 1100. The van der Waals surface area contributed by atoms with Crippen molar-refractivity contribution in [3.63, 3.8) is 0 Å². The first-order valence-electron chi connectivity index (χ1n) is 10.7. The molecule has 1 aliphatic carbocycles. The van der Waals surface area contributed by atoms with E-state index in [-0.39, 0.29) is 25.0 Å². The molecular formula is C24H26ClN3O4. The molecule has 0 radical (unpaired) electrons. The third kappa shape index (κ3) is 5.11. The monoisotopic (exact) mass is 455 g/mol. The molecule has 2 aliphatic rings. The highest BCUT2D eigenvalue weighted by molar-refractivity contribution is 6.30. The van der Waals surface area contributed by atoms with E-state index < -0.39 is 12.1 Å². The number of carboxylic acid groups (broad SMARTS) is 1. The molecule has 0 spiro atoms. The number of carbonyl (C=O) groups excluding carboxylic acids is 1. The number of amides is 1. The van der Waals surface area contributed by atoms with Crippen LogP contribution in [-0.2, 0) is 21.4 Å². The Hall–Kier alpha value is -2.90. The van der Waals surface area contributed by atoms with Crippen molar-refractivity contribution in [1.82, 2.24) is 14.5 Å². The van der Waals surface area contributed by atoms with E-state index in [4.69, 9.17) is 26.4 Å². The van der Waals surface area contributed by atoms with E-state index in [1.165, 1.54) is 0 Å². The minimum Gasteiger partial charge on any atom is -0.481 e. The zero-order chi connectivity index (χ0) is 22.7. The number of rotatable bonds is 5. The number of carboxylic acids is 1. The van der Waals surface area contributed by atoms with Gasteiger partial charge in [-0.05, 0) is 43.0 Å². The van der Waals surface area contributed by atoms with E-state index in [1.54, 1.807) is 4.90 Å². The number of hydrogen-bond acceptors (Lipinski definition) is 4. The van der Waals surface area contributed by atoms with Crippen LogP contribution in [0.4, 0.5) is 0 Å². The maximum absolute atomic E-state index is 12.8. The molecule has 168 valence electrons. The van der Waals surface area contributed by atoms with Crippen LogP contribution < -0.4 is 0 Å². The van der Waals surface area contributed by atoms with Crippen molar-refractivity contribution in [2.75, 3.05) is 13.2 Å². The standard InChI is InChI=1S/C18H21N3O4.C6H5Cl/c1-20-13-5-3-2-4-12(13)19-17(20)14-10-25-15(8-16(22)23)18(24)21(14)9-11-6-7-11;7-6-4-2-1-3-5-6/h2-5,11,14-15H,6-10H2,1H3,(H,22,23);1-5H. The smallest absolute Gasteiger partial charge is 0.306 e. The molecule has 5 rings (SSSR count). The van der Waals surface area contributed by atoms with Gasteiger partial charge in [-0.25, -0.2) is 4.98 Å². The Labute approximate surface area is 191 Å². The zero-order valence-corrected chi connectivity index (χ0v) is 18.6. The molecule has 2 unspecified atom stereocenters. The highest BCUT2D eigenvalue weighted by Gasteiger charge is 2.42. The SMILES string of the molecule is Clc1ccccc1.Cn1c(C2COC(CC(=O)O)C(=O)N2CC2CC2)nc2ccccc21. The van der Waals surface area contributed by atoms with Crippen LogP contribution in [0.15, 0.2) is 54.6 Å². The Morgan fingerprint density at radius 2 is 1.84 bits per heavy atom. The first kappa shape index (κ1) is 22.3. The number of ether oxygens (including phenoxy) is 1. The van der Waals surface area contributed by atoms with Crippen molar-refractivity contribution in [2.24, 2.45) is 13.0 Å². The lowest BCUT2D eigenvalue weighted by Crippen LogP contribution is -2.51. The number of carbonyl (C=O) groups is 2. The number of aryl methyl sites for hydroxylation is 1. The molecule has 3 aromatic rings. The number of halogens is 1. The molecule has 1 saturated heterocycles. The summed E-state index contributed by atoms with van der Waals surface area (Å²) in [5.74, 6) is 0.0252. The van der Waals surface area contributed by atoms with Gasteiger partial charge in [0.1, 0.15) is 18.0 Å². The minimum atomic E-state index is -1.02. The van der Waals surface area contributed by atoms with Crippen molar-refractivity contribution >= 4 is 34.5 Å². The number of imidazole rings is 1. The van der Waals surface area contributed by atoms with Crippen LogP contribution in [0.1, 0.15) is 31.1 Å². The minimum absolute atomic E-state index is 0.238. The van der Waals surface area contributed by atoms with E-state index in [0.29, 0.717) is 12.5 Å². The summed E-state index contributed by atoms with van der Waals surface area (Å²) < 4.78 is 7.62. The molecule has 7 nitrogen and oxygen atoms in total. The van der Waals surface area contributed by atoms with Gasteiger partial charge in [-0.2, -0.15) is 0 Å². The van der Waals surface area contributed by atoms with Crippen molar-refractivity contribution < 1.29 is 19.4 Å². The number of aliphatic carboxylic acids is 1. The summed E-state index contributed by atoms with van der Waals surface area (Å²) in [6.07, 6.45) is 1.03. The molecule has 2 atom stereocenters. The normalized spacial score (nSPS) is 20.7. The number of benzene rings is 2. The van der Waals surface area contributed by atoms with Crippen LogP contribution in [0, 0.1) is 5.92 Å². The summed E-state index contributed by atoms with van der Waals surface area (Å²) in [7, 11) is 1.94. The number of aromatic nitrogens is 2. The molecule has 1 amide bonds. The number of nitrogens with zero attached hydrogens (tertiary/aromatic N) is 3. The molecule has 1 saturated carbocycles. The average Bonchev–Trinajstić information content (AvgIpc) is 3.54. The van der Waals surface area contributed by atoms with Crippen LogP contribution >= 0.6 is 11.6 Å². The maximum Gasteiger partial charge on any atom is 0.306 e. The predicted molar refractivity (Wildman–Crippen MR) is 121 cm³/mol. The van der Waals surface area contributed by atoms with Gasteiger partial charge in [0.15, 0.2) is 0 Å². The van der Waals surface area contributed by atoms with E-state index >= 15 is 0 Å². The quantitative estimate of drug-likeness (QED) is 0.627. The van der Waals surface area contributed by atoms with Crippen LogP contribution in [0.3, 0.4) is 0 Å². The van der Waals surface area contributed by atoms with Crippen molar-refractivity contribution in [1.29, 1.82) is 0 Å².